The van der Waals surface area contributed by atoms with Gasteiger partial charge in [-0.25, -0.2) is 0 Å². The second-order valence-corrected chi connectivity index (χ2v) is 14.0. The second-order valence-electron chi connectivity index (χ2n) is 13.6. The highest BCUT2D eigenvalue weighted by Crippen LogP contribution is 2.45. The maximum absolute atomic E-state index is 13.8. The molecule has 0 amide bonds. The van der Waals surface area contributed by atoms with E-state index < -0.39 is 0 Å². The van der Waals surface area contributed by atoms with Crippen molar-refractivity contribution in [3.8, 4) is 11.8 Å². The molecule has 6 aliphatic heterocycles. The summed E-state index contributed by atoms with van der Waals surface area (Å²) in [7, 11) is 0. The first kappa shape index (κ1) is 27.0. The summed E-state index contributed by atoms with van der Waals surface area (Å²) in [6.45, 7) is 4.72. The van der Waals surface area contributed by atoms with Crippen LogP contribution in [-0.2, 0) is 11.3 Å². The van der Waals surface area contributed by atoms with Crippen molar-refractivity contribution in [2.75, 3.05) is 42.6 Å². The lowest BCUT2D eigenvalue weighted by atomic mass is 9.87. The Morgan fingerprint density at radius 1 is 1.11 bits per heavy atom. The summed E-state index contributed by atoms with van der Waals surface area (Å²) in [5.74, 6) is 1.04. The fraction of sp³-hybridized carbons (Fsp3) is 0.500. The largest absolute Gasteiger partial charge is 0.508 e. The summed E-state index contributed by atoms with van der Waals surface area (Å²) < 4.78 is 6.57. The smallest absolute Gasteiger partial charge is 0.318 e. The third kappa shape index (κ3) is 4.16. The Morgan fingerprint density at radius 2 is 1.98 bits per heavy atom. The average Bonchev–Trinajstić information content (AvgIpc) is 3.71. The Labute approximate surface area is 261 Å². The number of phenols is 1. The normalized spacial score (nSPS) is 29.2. The van der Waals surface area contributed by atoms with Gasteiger partial charge in [0.1, 0.15) is 24.2 Å². The lowest BCUT2D eigenvalue weighted by molar-refractivity contribution is -0.116. The molecule has 0 spiro atoms. The number of fused-ring (bicyclic) bond motifs is 7. The van der Waals surface area contributed by atoms with Gasteiger partial charge in [0.25, 0.3) is 0 Å². The van der Waals surface area contributed by atoms with Crippen LogP contribution in [0.3, 0.4) is 0 Å². The molecule has 2 N–H and O–H groups in total. The van der Waals surface area contributed by atoms with E-state index in [-0.39, 0.29) is 35.1 Å². The molecule has 4 unspecified atom stereocenters. The third-order valence-corrected chi connectivity index (χ3v) is 11.4. The fourth-order valence-corrected chi connectivity index (χ4v) is 9.40. The van der Waals surface area contributed by atoms with Gasteiger partial charge in [0.05, 0.1) is 28.5 Å². The van der Waals surface area contributed by atoms with Crippen LogP contribution in [0.5, 0.6) is 11.8 Å². The van der Waals surface area contributed by atoms with Gasteiger partial charge in [-0.05, 0) is 75.2 Å². The zero-order valence-corrected chi connectivity index (χ0v) is 25.5. The van der Waals surface area contributed by atoms with E-state index in [0.717, 1.165) is 78.9 Å². The van der Waals surface area contributed by atoms with E-state index >= 15 is 0 Å². The van der Waals surface area contributed by atoms with Gasteiger partial charge in [0.2, 0.25) is 0 Å². The number of aromatic hydroxyl groups is 1. The number of ketones is 1. The van der Waals surface area contributed by atoms with E-state index in [2.05, 4.69) is 20.0 Å². The summed E-state index contributed by atoms with van der Waals surface area (Å²) in [6, 6.07) is 9.85. The van der Waals surface area contributed by atoms with Crippen molar-refractivity contribution in [3.63, 3.8) is 0 Å². The van der Waals surface area contributed by atoms with Crippen LogP contribution < -0.4 is 19.9 Å². The molecule has 4 atom stereocenters. The molecule has 3 aromatic rings. The van der Waals surface area contributed by atoms with E-state index in [0.29, 0.717) is 36.8 Å². The number of piperazine rings is 1. The van der Waals surface area contributed by atoms with E-state index in [1.165, 1.54) is 12.8 Å². The Balaban J connectivity index is 1.17. The van der Waals surface area contributed by atoms with E-state index in [9.17, 15) is 9.90 Å². The molecule has 0 radical (unpaired) electrons. The Kier molecular flexibility index (Phi) is 6.16. The number of nitrogens with zero attached hydrogens (tertiary/aromatic N) is 5. The van der Waals surface area contributed by atoms with Gasteiger partial charge >= 0.3 is 6.01 Å². The van der Waals surface area contributed by atoms with Crippen molar-refractivity contribution < 1.29 is 14.6 Å². The number of hydrogen-bond donors (Lipinski definition) is 2. The highest BCUT2D eigenvalue weighted by Gasteiger charge is 2.48. The molecule has 4 saturated heterocycles. The number of hydrogen-bond acceptors (Lipinski definition) is 9. The second kappa shape index (κ2) is 10.1. The van der Waals surface area contributed by atoms with Crippen LogP contribution in [0.1, 0.15) is 55.7 Å². The number of carbonyl (C=O) groups is 1. The first-order valence-corrected chi connectivity index (χ1v) is 16.5. The number of carbonyl (C=O) groups excluding carboxylic acids is 1. The van der Waals surface area contributed by atoms with E-state index in [1.54, 1.807) is 18.2 Å². The summed E-state index contributed by atoms with van der Waals surface area (Å²) in [6.07, 6.45) is 10.6. The summed E-state index contributed by atoms with van der Waals surface area (Å²) >= 11 is 6.76. The van der Waals surface area contributed by atoms with Crippen LogP contribution in [0.4, 0.5) is 11.5 Å². The minimum Gasteiger partial charge on any atom is -0.508 e. The van der Waals surface area contributed by atoms with Crippen molar-refractivity contribution >= 4 is 39.7 Å². The predicted octanol–water partition coefficient (Wildman–Crippen LogP) is 4.55. The highest BCUT2D eigenvalue weighted by atomic mass is 35.5. The lowest BCUT2D eigenvalue weighted by Gasteiger charge is -2.44. The lowest BCUT2D eigenvalue weighted by Crippen LogP contribution is -2.61. The zero-order chi connectivity index (χ0) is 29.6. The van der Waals surface area contributed by atoms with Gasteiger partial charge in [0.15, 0.2) is 5.78 Å². The van der Waals surface area contributed by atoms with Crippen molar-refractivity contribution in [1.29, 1.82) is 0 Å². The third-order valence-electron chi connectivity index (χ3n) is 11.1. The molecule has 1 aromatic heterocycles. The molecule has 6 aliphatic rings. The topological polar surface area (TPSA) is 94.1 Å². The van der Waals surface area contributed by atoms with Gasteiger partial charge in [-0.2, -0.15) is 9.97 Å². The summed E-state index contributed by atoms with van der Waals surface area (Å²) in [5, 5.41) is 16.8. The molecule has 2 aromatic carbocycles. The first-order chi connectivity index (χ1) is 21.5. The monoisotopic (exact) mass is 612 g/mol. The Bertz CT molecular complexity index is 1700. The number of anilines is 2. The first-order valence-electron chi connectivity index (χ1n) is 16.2. The molecule has 9 nitrogen and oxygen atoms in total. The Morgan fingerprint density at radius 3 is 2.84 bits per heavy atom. The number of halogens is 1. The van der Waals surface area contributed by atoms with Gasteiger partial charge in [-0.15, -0.1) is 0 Å². The molecule has 7 heterocycles. The molecule has 228 valence electrons. The summed E-state index contributed by atoms with van der Waals surface area (Å²) in [4.78, 5) is 31.1. The maximum Gasteiger partial charge on any atom is 0.318 e. The standard InChI is InChI=1S/C34H37ClN6O3/c35-24-5-1-4-20-14-23(42)15-27(29(20)24)39-16-21-6-9-28(43)31-25-8-7-22(36-25)17-41(31)32-30(21)26(18-39)37-33(38-32)44-19-34-10-2-12-40(34)13-3-11-34/h1,4-6,9,14-15,21-22,25,31,36,42H,2-3,7-8,10-13,16-19H2/b9-6-. The number of ether oxygens (including phenoxy) is 1. The predicted molar refractivity (Wildman–Crippen MR) is 170 cm³/mol. The van der Waals surface area contributed by atoms with E-state index in [1.807, 2.05) is 24.3 Å². The van der Waals surface area contributed by atoms with Crippen LogP contribution >= 0.6 is 11.6 Å². The zero-order valence-electron chi connectivity index (χ0n) is 24.7. The molecule has 10 heteroatoms. The minimum absolute atomic E-state index is 0.0755. The SMILES string of the molecule is O=C1/C=C\C2CN(c3cc(O)cc4cccc(Cl)c34)Cc3nc(OCC45CCCN4CCC5)nc(c32)N2CC3CCC(N3)C12. The van der Waals surface area contributed by atoms with Crippen molar-refractivity contribution in [1.82, 2.24) is 20.2 Å². The average molecular weight is 613 g/mol. The van der Waals surface area contributed by atoms with Gasteiger partial charge in [0, 0.05) is 48.1 Å². The van der Waals surface area contributed by atoms with Crippen LogP contribution in [0.25, 0.3) is 10.8 Å². The number of phenolic OH excluding ortho intramolecular Hbond substituents is 1. The number of aromatic nitrogens is 2. The summed E-state index contributed by atoms with van der Waals surface area (Å²) in [5.41, 5.74) is 2.91. The molecular weight excluding hydrogens is 576 g/mol. The van der Waals surface area contributed by atoms with Crippen LogP contribution in [0.15, 0.2) is 42.5 Å². The van der Waals surface area contributed by atoms with Crippen molar-refractivity contribution in [2.24, 2.45) is 0 Å². The Hall–Kier alpha value is -3.40. The number of nitrogens with one attached hydrogen (secondary N) is 1. The van der Waals surface area contributed by atoms with Gasteiger partial charge in [-0.3, -0.25) is 9.69 Å². The molecule has 9 rings (SSSR count). The van der Waals surface area contributed by atoms with Crippen molar-refractivity contribution in [3.05, 3.63) is 58.8 Å². The van der Waals surface area contributed by atoms with Crippen LogP contribution in [0.2, 0.25) is 5.02 Å². The number of rotatable bonds is 4. The van der Waals surface area contributed by atoms with Crippen LogP contribution in [0, 0.1) is 0 Å². The van der Waals surface area contributed by atoms with Crippen molar-refractivity contribution in [2.45, 2.75) is 74.7 Å². The molecule has 0 saturated carbocycles. The fourth-order valence-electron chi connectivity index (χ4n) is 9.12. The van der Waals surface area contributed by atoms with Gasteiger partial charge in [-0.1, -0.05) is 29.8 Å². The molecule has 4 fully saturated rings. The maximum atomic E-state index is 13.8. The minimum atomic E-state index is -0.289. The number of benzene rings is 2. The van der Waals surface area contributed by atoms with E-state index in [4.69, 9.17) is 26.3 Å². The van der Waals surface area contributed by atoms with Gasteiger partial charge < -0.3 is 25.0 Å². The molecule has 2 bridgehead atoms. The molecular formula is C34H37ClN6O3. The highest BCUT2D eigenvalue weighted by molar-refractivity contribution is 6.36. The molecule has 0 aliphatic carbocycles. The van der Waals surface area contributed by atoms with Crippen LogP contribution in [-0.4, -0.2) is 82.2 Å². The quantitative estimate of drug-likeness (QED) is 0.440. The molecule has 44 heavy (non-hydrogen) atoms.